The van der Waals surface area contributed by atoms with Crippen molar-refractivity contribution in [1.29, 1.82) is 0 Å². The van der Waals surface area contributed by atoms with Crippen LogP contribution in [0, 0.1) is 5.92 Å². The summed E-state index contributed by atoms with van der Waals surface area (Å²) in [6.07, 6.45) is 1.50. The van der Waals surface area contributed by atoms with Crippen molar-refractivity contribution in [3.8, 4) is 17.2 Å². The molecule has 0 bridgehead atoms. The van der Waals surface area contributed by atoms with Gasteiger partial charge in [-0.05, 0) is 61.8 Å². The molecular formula is C28H34N4O6S. The summed E-state index contributed by atoms with van der Waals surface area (Å²) in [5.41, 5.74) is 4.77. The Morgan fingerprint density at radius 2 is 1.90 bits per heavy atom. The van der Waals surface area contributed by atoms with E-state index in [9.17, 15) is 9.59 Å². The van der Waals surface area contributed by atoms with Crippen molar-refractivity contribution >= 4 is 35.4 Å². The Kier molecular flexibility index (Phi) is 10.7. The Morgan fingerprint density at radius 3 is 2.62 bits per heavy atom. The van der Waals surface area contributed by atoms with Crippen LogP contribution in [-0.4, -0.2) is 50.1 Å². The smallest absolute Gasteiger partial charge is 0.338 e. The fraction of sp³-hybridized carbons (Fsp3) is 0.357. The minimum absolute atomic E-state index is 0.231. The van der Waals surface area contributed by atoms with Crippen molar-refractivity contribution < 1.29 is 28.5 Å². The number of esters is 1. The topological polar surface area (TPSA) is 120 Å². The van der Waals surface area contributed by atoms with E-state index in [-0.39, 0.29) is 13.2 Å². The summed E-state index contributed by atoms with van der Waals surface area (Å²) in [6.45, 7) is 8.13. The van der Waals surface area contributed by atoms with Gasteiger partial charge in [0.1, 0.15) is 5.75 Å². The predicted octanol–water partition coefficient (Wildman–Crippen LogP) is 3.62. The van der Waals surface area contributed by atoms with Gasteiger partial charge in [-0.2, -0.15) is 5.10 Å². The number of carbonyl (C=O) groups is 2. The van der Waals surface area contributed by atoms with Gasteiger partial charge in [0, 0.05) is 11.3 Å². The Morgan fingerprint density at radius 1 is 1.13 bits per heavy atom. The van der Waals surface area contributed by atoms with Crippen LogP contribution in [0.25, 0.3) is 0 Å². The van der Waals surface area contributed by atoms with Gasteiger partial charge in [-0.1, -0.05) is 32.0 Å². The molecule has 1 atom stereocenters. The van der Waals surface area contributed by atoms with Crippen LogP contribution in [-0.2, 0) is 14.3 Å². The largest absolute Gasteiger partial charge is 0.493 e. The molecule has 39 heavy (non-hydrogen) atoms. The number of rotatable bonds is 12. The summed E-state index contributed by atoms with van der Waals surface area (Å²) in [5.74, 6) is 1.07. The molecule has 1 amide bonds. The first-order chi connectivity index (χ1) is 18.7. The van der Waals surface area contributed by atoms with Crippen LogP contribution in [0.2, 0.25) is 0 Å². The van der Waals surface area contributed by atoms with Gasteiger partial charge in [-0.3, -0.25) is 4.79 Å². The van der Waals surface area contributed by atoms with Gasteiger partial charge in [-0.15, -0.1) is 0 Å². The normalized spacial score (nSPS) is 15.0. The molecule has 2 aromatic carbocycles. The fourth-order valence-corrected chi connectivity index (χ4v) is 4.02. The molecule has 1 aliphatic rings. The van der Waals surface area contributed by atoms with Gasteiger partial charge in [0.25, 0.3) is 5.91 Å². The van der Waals surface area contributed by atoms with Crippen LogP contribution in [0.5, 0.6) is 17.2 Å². The Balaban J connectivity index is 1.66. The molecule has 0 aliphatic carbocycles. The summed E-state index contributed by atoms with van der Waals surface area (Å²) in [7, 11) is 1.56. The van der Waals surface area contributed by atoms with Crippen LogP contribution in [0.3, 0.4) is 0 Å². The number of nitrogens with zero attached hydrogens (tertiary/aromatic N) is 1. The van der Waals surface area contributed by atoms with Gasteiger partial charge in [-0.25, -0.2) is 10.2 Å². The van der Waals surface area contributed by atoms with Crippen molar-refractivity contribution in [1.82, 2.24) is 16.1 Å². The number of allylic oxidation sites excluding steroid dienone is 1. The molecule has 0 saturated carbocycles. The van der Waals surface area contributed by atoms with E-state index >= 15 is 0 Å². The zero-order chi connectivity index (χ0) is 28.4. The molecule has 0 fully saturated rings. The second kappa shape index (κ2) is 14.1. The monoisotopic (exact) mass is 554 g/mol. The molecular weight excluding hydrogens is 520 g/mol. The first-order valence-electron chi connectivity index (χ1n) is 12.5. The molecule has 0 unspecified atom stereocenters. The maximum absolute atomic E-state index is 12.7. The first-order valence-corrected chi connectivity index (χ1v) is 12.9. The Bertz CT molecular complexity index is 1260. The third-order valence-corrected chi connectivity index (χ3v) is 5.74. The lowest BCUT2D eigenvalue weighted by atomic mass is 9.95. The molecule has 11 heteroatoms. The minimum atomic E-state index is -0.613. The average Bonchev–Trinajstić information content (AvgIpc) is 2.90. The van der Waals surface area contributed by atoms with E-state index in [2.05, 4.69) is 35.0 Å². The minimum Gasteiger partial charge on any atom is -0.493 e. The fourth-order valence-electron chi connectivity index (χ4n) is 3.75. The molecule has 208 valence electrons. The van der Waals surface area contributed by atoms with E-state index in [0.717, 1.165) is 5.56 Å². The van der Waals surface area contributed by atoms with Gasteiger partial charge < -0.3 is 29.6 Å². The lowest BCUT2D eigenvalue weighted by molar-refractivity contribution is -0.139. The van der Waals surface area contributed by atoms with Crippen molar-refractivity contribution in [3.63, 3.8) is 0 Å². The van der Waals surface area contributed by atoms with Crippen molar-refractivity contribution in [2.24, 2.45) is 11.0 Å². The molecule has 0 aromatic heterocycles. The highest BCUT2D eigenvalue weighted by Crippen LogP contribution is 2.33. The van der Waals surface area contributed by atoms with Crippen LogP contribution < -0.4 is 30.3 Å². The number of ether oxygens (including phenoxy) is 4. The van der Waals surface area contributed by atoms with Crippen molar-refractivity contribution in [3.05, 3.63) is 64.9 Å². The average molecular weight is 555 g/mol. The number of thiocarbonyl (C=S) groups is 1. The van der Waals surface area contributed by atoms with Crippen LogP contribution in [0.15, 0.2) is 58.8 Å². The van der Waals surface area contributed by atoms with E-state index in [1.807, 2.05) is 12.1 Å². The maximum Gasteiger partial charge on any atom is 0.338 e. The highest BCUT2D eigenvalue weighted by Gasteiger charge is 2.32. The maximum atomic E-state index is 12.7. The van der Waals surface area contributed by atoms with E-state index in [4.69, 9.17) is 31.2 Å². The van der Waals surface area contributed by atoms with E-state index < -0.39 is 17.9 Å². The summed E-state index contributed by atoms with van der Waals surface area (Å²) in [6, 6.07) is 11.9. The quantitative estimate of drug-likeness (QED) is 0.156. The van der Waals surface area contributed by atoms with Crippen LogP contribution in [0.4, 0.5) is 0 Å². The number of hydrogen-bond acceptors (Lipinski definition) is 8. The number of amides is 1. The highest BCUT2D eigenvalue weighted by atomic mass is 32.1. The molecule has 2 aromatic rings. The molecule has 3 rings (SSSR count). The summed E-state index contributed by atoms with van der Waals surface area (Å²) >= 11 is 5.30. The van der Waals surface area contributed by atoms with Crippen LogP contribution >= 0.6 is 12.2 Å². The van der Waals surface area contributed by atoms with Crippen molar-refractivity contribution in [2.75, 3.05) is 26.9 Å². The van der Waals surface area contributed by atoms with Gasteiger partial charge >= 0.3 is 5.97 Å². The number of benzene rings is 2. The number of nitrogens with one attached hydrogen (secondary N) is 3. The number of para-hydroxylation sites is 1. The third-order valence-electron chi connectivity index (χ3n) is 5.52. The molecule has 1 heterocycles. The van der Waals surface area contributed by atoms with Crippen molar-refractivity contribution in [2.45, 2.75) is 33.7 Å². The zero-order valence-corrected chi connectivity index (χ0v) is 23.5. The standard InChI is InChI=1S/C28H34N4O6S/c1-6-36-27(34)25-18(4)30-28(39)31-26(25)20-9-7-8-10-21(20)38-16-24(33)32-29-14-19-11-12-22(23(13-19)35-5)37-15-17(2)3/h7-14,17,26H,6,15-16H2,1-5H3,(H,32,33)(H2,30,31,39)/t26-/m1/s1. The lowest BCUT2D eigenvalue weighted by Gasteiger charge is -2.30. The predicted molar refractivity (Wildman–Crippen MR) is 152 cm³/mol. The number of hydrogen-bond donors (Lipinski definition) is 3. The number of carbonyl (C=O) groups excluding carboxylic acids is 2. The summed E-state index contributed by atoms with van der Waals surface area (Å²) in [4.78, 5) is 25.1. The highest BCUT2D eigenvalue weighted by molar-refractivity contribution is 7.80. The number of methoxy groups -OCH3 is 1. The third kappa shape index (κ3) is 8.18. The van der Waals surface area contributed by atoms with E-state index in [1.165, 1.54) is 6.21 Å². The molecule has 0 saturated heterocycles. The summed E-state index contributed by atoms with van der Waals surface area (Å²) in [5, 5.41) is 10.4. The Hall–Kier alpha value is -4.12. The lowest BCUT2D eigenvalue weighted by Crippen LogP contribution is -2.45. The second-order valence-corrected chi connectivity index (χ2v) is 9.43. The second-order valence-electron chi connectivity index (χ2n) is 9.03. The number of hydrazone groups is 1. The first kappa shape index (κ1) is 29.4. The Labute approximate surface area is 233 Å². The van der Waals surface area contributed by atoms with E-state index in [1.54, 1.807) is 51.3 Å². The van der Waals surface area contributed by atoms with Gasteiger partial charge in [0.15, 0.2) is 23.2 Å². The molecule has 10 nitrogen and oxygen atoms in total. The molecule has 0 spiro atoms. The molecule has 3 N–H and O–H groups in total. The molecule has 0 radical (unpaired) electrons. The van der Waals surface area contributed by atoms with E-state index in [0.29, 0.717) is 51.7 Å². The SMILES string of the molecule is CCOC(=O)C1=C(C)NC(=S)N[C@@H]1c1ccccc1OCC(=O)NN=Cc1ccc(OCC(C)C)c(OC)c1. The van der Waals surface area contributed by atoms with Crippen LogP contribution in [0.1, 0.15) is 44.9 Å². The van der Waals surface area contributed by atoms with Gasteiger partial charge in [0.05, 0.1) is 38.2 Å². The molecule has 1 aliphatic heterocycles. The zero-order valence-electron chi connectivity index (χ0n) is 22.7. The van der Waals surface area contributed by atoms with Gasteiger partial charge in [0.2, 0.25) is 0 Å². The summed E-state index contributed by atoms with van der Waals surface area (Å²) < 4.78 is 22.2.